The van der Waals surface area contributed by atoms with Gasteiger partial charge in [0, 0.05) is 15.3 Å². The minimum atomic E-state index is -0.127. The normalized spacial score (nSPS) is 12.4. The Balaban J connectivity index is 2.29. The molecule has 3 heteroatoms. The van der Waals surface area contributed by atoms with Crippen molar-refractivity contribution in [3.63, 3.8) is 0 Å². The maximum atomic E-state index is 6.57. The van der Waals surface area contributed by atoms with Crippen molar-refractivity contribution in [2.45, 2.75) is 25.6 Å². The highest BCUT2D eigenvalue weighted by molar-refractivity contribution is 7.12. The topological polar surface area (TPSA) is 9.23 Å². The predicted octanol–water partition coefficient (Wildman–Crippen LogP) is 5.04. The largest absolute Gasteiger partial charge is 0.494 e. The lowest BCUT2D eigenvalue weighted by molar-refractivity contribution is 0.337. The van der Waals surface area contributed by atoms with Crippen LogP contribution < -0.4 is 4.74 Å². The average Bonchev–Trinajstić information content (AvgIpc) is 2.88. The van der Waals surface area contributed by atoms with Gasteiger partial charge < -0.3 is 4.74 Å². The molecule has 0 aliphatic rings. The van der Waals surface area contributed by atoms with Crippen LogP contribution in [-0.2, 0) is 6.42 Å². The summed E-state index contributed by atoms with van der Waals surface area (Å²) in [5.41, 5.74) is 1.05. The van der Waals surface area contributed by atoms with Gasteiger partial charge in [-0.05, 0) is 31.5 Å². The summed E-state index contributed by atoms with van der Waals surface area (Å²) in [6.07, 6.45) is 1.06. The Kier molecular flexibility index (Phi) is 4.67. The summed E-state index contributed by atoms with van der Waals surface area (Å²) in [6.45, 7) is 4.80. The molecule has 1 unspecified atom stereocenters. The maximum Gasteiger partial charge on any atom is 0.124 e. The number of rotatable bonds is 5. The summed E-state index contributed by atoms with van der Waals surface area (Å²) in [4.78, 5) is 2.55. The molecule has 0 N–H and O–H groups in total. The summed E-state index contributed by atoms with van der Waals surface area (Å²) >= 11 is 8.35. The highest BCUT2D eigenvalue weighted by Gasteiger charge is 2.17. The first-order valence-electron chi connectivity index (χ1n) is 6.20. The van der Waals surface area contributed by atoms with E-state index in [1.807, 2.05) is 31.2 Å². The molecule has 0 aliphatic heterocycles. The fourth-order valence-corrected chi connectivity index (χ4v) is 3.19. The van der Waals surface area contributed by atoms with Crippen molar-refractivity contribution in [2.75, 3.05) is 6.61 Å². The molecule has 2 rings (SSSR count). The first-order valence-corrected chi connectivity index (χ1v) is 7.46. The van der Waals surface area contributed by atoms with E-state index in [0.717, 1.165) is 17.7 Å². The summed E-state index contributed by atoms with van der Waals surface area (Å²) in [5.74, 6) is 0.881. The Morgan fingerprint density at radius 3 is 2.61 bits per heavy atom. The van der Waals surface area contributed by atoms with Gasteiger partial charge in [0.25, 0.3) is 0 Å². The molecule has 0 fully saturated rings. The average molecular weight is 281 g/mol. The Morgan fingerprint density at radius 1 is 1.17 bits per heavy atom. The molecule has 0 spiro atoms. The SMILES string of the molecule is CCOc1ccccc1C(Cl)c1ccc(CC)s1. The van der Waals surface area contributed by atoms with Gasteiger partial charge in [0.05, 0.1) is 12.0 Å². The molecule has 1 heterocycles. The third-order valence-corrected chi connectivity index (χ3v) is 4.67. The highest BCUT2D eigenvalue weighted by Crippen LogP contribution is 2.38. The van der Waals surface area contributed by atoms with Crippen molar-refractivity contribution in [1.82, 2.24) is 0 Å². The molecule has 0 amide bonds. The smallest absolute Gasteiger partial charge is 0.124 e. The van der Waals surface area contributed by atoms with Crippen LogP contribution in [0.2, 0.25) is 0 Å². The van der Waals surface area contributed by atoms with Gasteiger partial charge >= 0.3 is 0 Å². The second kappa shape index (κ2) is 6.26. The van der Waals surface area contributed by atoms with E-state index in [-0.39, 0.29) is 5.38 Å². The zero-order valence-corrected chi connectivity index (χ0v) is 12.2. The van der Waals surface area contributed by atoms with Gasteiger partial charge in [-0.3, -0.25) is 0 Å². The number of aryl methyl sites for hydroxylation is 1. The monoisotopic (exact) mass is 280 g/mol. The lowest BCUT2D eigenvalue weighted by Gasteiger charge is -2.13. The standard InChI is InChI=1S/C15H17ClOS/c1-3-11-9-10-14(18-11)15(16)12-7-5-6-8-13(12)17-4-2/h5-10,15H,3-4H2,1-2H3. The number of thiophene rings is 1. The molecule has 18 heavy (non-hydrogen) atoms. The van der Waals surface area contributed by atoms with E-state index in [4.69, 9.17) is 16.3 Å². The van der Waals surface area contributed by atoms with E-state index in [0.29, 0.717) is 6.61 Å². The molecular weight excluding hydrogens is 264 g/mol. The molecule has 1 atom stereocenters. The van der Waals surface area contributed by atoms with Crippen LogP contribution in [-0.4, -0.2) is 6.61 Å². The van der Waals surface area contributed by atoms with Crippen LogP contribution in [0.5, 0.6) is 5.75 Å². The molecule has 96 valence electrons. The van der Waals surface area contributed by atoms with E-state index >= 15 is 0 Å². The predicted molar refractivity (Wildman–Crippen MR) is 79.0 cm³/mol. The fourth-order valence-electron chi connectivity index (χ4n) is 1.85. The van der Waals surface area contributed by atoms with Gasteiger partial charge in [-0.15, -0.1) is 22.9 Å². The van der Waals surface area contributed by atoms with Crippen LogP contribution in [0.25, 0.3) is 0 Å². The number of halogens is 1. The lowest BCUT2D eigenvalue weighted by Crippen LogP contribution is -1.98. The van der Waals surface area contributed by atoms with Gasteiger partial charge in [-0.2, -0.15) is 0 Å². The third-order valence-electron chi connectivity index (χ3n) is 2.77. The Morgan fingerprint density at radius 2 is 1.94 bits per heavy atom. The van der Waals surface area contributed by atoms with Crippen molar-refractivity contribution in [2.24, 2.45) is 0 Å². The van der Waals surface area contributed by atoms with E-state index in [1.165, 1.54) is 9.75 Å². The van der Waals surface area contributed by atoms with Crippen LogP contribution >= 0.6 is 22.9 Å². The van der Waals surface area contributed by atoms with Crippen molar-refractivity contribution in [1.29, 1.82) is 0 Å². The zero-order valence-electron chi connectivity index (χ0n) is 10.7. The second-order valence-corrected chi connectivity index (χ2v) is 5.63. The number of alkyl halides is 1. The van der Waals surface area contributed by atoms with E-state index in [9.17, 15) is 0 Å². The van der Waals surface area contributed by atoms with Crippen molar-refractivity contribution in [3.8, 4) is 5.75 Å². The molecule has 0 aliphatic carbocycles. The van der Waals surface area contributed by atoms with E-state index in [2.05, 4.69) is 19.1 Å². The van der Waals surface area contributed by atoms with Crippen LogP contribution in [0, 0.1) is 0 Å². The van der Waals surface area contributed by atoms with Gasteiger partial charge in [-0.25, -0.2) is 0 Å². The van der Waals surface area contributed by atoms with Crippen LogP contribution in [0.15, 0.2) is 36.4 Å². The Bertz CT molecular complexity index is 507. The van der Waals surface area contributed by atoms with Crippen LogP contribution in [0.1, 0.15) is 34.5 Å². The molecule has 0 radical (unpaired) electrons. The summed E-state index contributed by atoms with van der Waals surface area (Å²) in [7, 11) is 0. The quantitative estimate of drug-likeness (QED) is 0.698. The maximum absolute atomic E-state index is 6.57. The fraction of sp³-hybridized carbons (Fsp3) is 0.333. The molecule has 0 bridgehead atoms. The minimum absolute atomic E-state index is 0.127. The summed E-state index contributed by atoms with van der Waals surface area (Å²) in [6, 6.07) is 12.3. The Labute approximate surface area is 117 Å². The number of ether oxygens (including phenoxy) is 1. The molecule has 2 aromatic rings. The van der Waals surface area contributed by atoms with Gasteiger partial charge in [0.1, 0.15) is 5.75 Å². The minimum Gasteiger partial charge on any atom is -0.494 e. The van der Waals surface area contributed by atoms with Crippen LogP contribution in [0.4, 0.5) is 0 Å². The van der Waals surface area contributed by atoms with Crippen molar-refractivity contribution >= 4 is 22.9 Å². The van der Waals surface area contributed by atoms with Crippen LogP contribution in [0.3, 0.4) is 0 Å². The Hall–Kier alpha value is -0.990. The summed E-state index contributed by atoms with van der Waals surface area (Å²) < 4.78 is 5.63. The summed E-state index contributed by atoms with van der Waals surface area (Å²) in [5, 5.41) is -0.127. The molecular formula is C15H17ClOS. The number of hydrogen-bond donors (Lipinski definition) is 0. The second-order valence-electron chi connectivity index (χ2n) is 3.99. The number of benzene rings is 1. The lowest BCUT2D eigenvalue weighted by atomic mass is 10.1. The third kappa shape index (κ3) is 2.88. The van der Waals surface area contributed by atoms with Crippen molar-refractivity contribution < 1.29 is 4.74 Å². The molecule has 1 nitrogen and oxygen atoms in total. The number of para-hydroxylation sites is 1. The molecule has 1 aromatic heterocycles. The van der Waals surface area contributed by atoms with Crippen molar-refractivity contribution in [3.05, 3.63) is 51.7 Å². The zero-order chi connectivity index (χ0) is 13.0. The molecule has 0 saturated heterocycles. The van der Waals surface area contributed by atoms with Gasteiger partial charge in [-0.1, -0.05) is 25.1 Å². The first kappa shape index (κ1) is 13.4. The first-order chi connectivity index (χ1) is 8.76. The molecule has 1 aromatic carbocycles. The number of hydrogen-bond acceptors (Lipinski definition) is 2. The van der Waals surface area contributed by atoms with Gasteiger partial charge in [0.15, 0.2) is 0 Å². The van der Waals surface area contributed by atoms with E-state index in [1.54, 1.807) is 11.3 Å². The van der Waals surface area contributed by atoms with Gasteiger partial charge in [0.2, 0.25) is 0 Å². The van der Waals surface area contributed by atoms with E-state index < -0.39 is 0 Å². The highest BCUT2D eigenvalue weighted by atomic mass is 35.5. The molecule has 0 saturated carbocycles.